The Bertz CT molecular complexity index is 846. The zero-order valence-electron chi connectivity index (χ0n) is 12.9. The maximum absolute atomic E-state index is 14.3. The number of aromatic nitrogens is 3. The third kappa shape index (κ3) is 3.80. The molecule has 0 saturated heterocycles. The van der Waals surface area contributed by atoms with Gasteiger partial charge in [-0.1, -0.05) is 31.9 Å². The average molecular weight is 473 g/mol. The van der Waals surface area contributed by atoms with Crippen molar-refractivity contribution < 1.29 is 13.9 Å². The van der Waals surface area contributed by atoms with E-state index in [0.717, 1.165) is 0 Å². The van der Waals surface area contributed by atoms with E-state index in [1.54, 1.807) is 28.8 Å². The first-order valence-corrected chi connectivity index (χ1v) is 9.04. The van der Waals surface area contributed by atoms with Gasteiger partial charge in [-0.25, -0.2) is 8.78 Å². The first-order valence-electron chi connectivity index (χ1n) is 7.46. The lowest BCUT2D eigenvalue weighted by atomic mass is 10.1. The quantitative estimate of drug-likeness (QED) is 0.580. The molecule has 0 radical (unpaired) electrons. The molecule has 130 valence electrons. The standard InChI is InChI=1S/C17H13Br2F2N3O/c18-10-2-4-12(14(20)8-10)16-22-23-17(24(16)6-1-7-25)13-5-3-11(19)9-15(13)21/h2-5,8-9,25H,1,6-7H2. The molecular formula is C17H13Br2F2N3O. The van der Waals surface area contributed by atoms with E-state index in [2.05, 4.69) is 42.1 Å². The van der Waals surface area contributed by atoms with Crippen LogP contribution >= 0.6 is 31.9 Å². The van der Waals surface area contributed by atoms with Gasteiger partial charge in [-0.05, 0) is 42.8 Å². The third-order valence-electron chi connectivity index (χ3n) is 3.63. The van der Waals surface area contributed by atoms with Gasteiger partial charge in [-0.15, -0.1) is 10.2 Å². The smallest absolute Gasteiger partial charge is 0.167 e. The van der Waals surface area contributed by atoms with Crippen LogP contribution in [0.3, 0.4) is 0 Å². The molecule has 0 aliphatic carbocycles. The second-order valence-corrected chi connectivity index (χ2v) is 7.16. The van der Waals surface area contributed by atoms with Gasteiger partial charge in [-0.3, -0.25) is 0 Å². The lowest BCUT2D eigenvalue weighted by Crippen LogP contribution is -2.06. The van der Waals surface area contributed by atoms with Gasteiger partial charge in [0.25, 0.3) is 0 Å². The Balaban J connectivity index is 2.16. The van der Waals surface area contributed by atoms with Gasteiger partial charge in [-0.2, -0.15) is 0 Å². The lowest BCUT2D eigenvalue weighted by Gasteiger charge is -2.11. The van der Waals surface area contributed by atoms with Crippen LogP contribution in [0.15, 0.2) is 45.3 Å². The summed E-state index contributed by atoms with van der Waals surface area (Å²) in [5.74, 6) is -0.351. The van der Waals surface area contributed by atoms with Crippen LogP contribution in [0.1, 0.15) is 6.42 Å². The summed E-state index contributed by atoms with van der Waals surface area (Å²) in [6.07, 6.45) is 0.411. The molecule has 0 amide bonds. The lowest BCUT2D eigenvalue weighted by molar-refractivity contribution is 0.280. The number of aliphatic hydroxyl groups is 1. The van der Waals surface area contributed by atoms with Crippen molar-refractivity contribution >= 4 is 31.9 Å². The Morgan fingerprint density at radius 3 is 1.76 bits per heavy atom. The summed E-state index contributed by atoms with van der Waals surface area (Å²) in [5.41, 5.74) is 0.523. The molecule has 25 heavy (non-hydrogen) atoms. The Kier molecular flexibility index (Phi) is 5.61. The largest absolute Gasteiger partial charge is 0.396 e. The molecule has 2 aromatic carbocycles. The predicted octanol–water partition coefficient (Wildman–Crippen LogP) is 4.80. The summed E-state index contributed by atoms with van der Waals surface area (Å²) in [5, 5.41) is 17.3. The second kappa shape index (κ2) is 7.72. The Hall–Kier alpha value is -1.64. The monoisotopic (exact) mass is 471 g/mol. The minimum absolute atomic E-state index is 0.0529. The van der Waals surface area contributed by atoms with Crippen LogP contribution in [0, 0.1) is 11.6 Å². The zero-order valence-corrected chi connectivity index (χ0v) is 16.1. The van der Waals surface area contributed by atoms with Gasteiger partial charge in [0.15, 0.2) is 11.6 Å². The fourth-order valence-electron chi connectivity index (χ4n) is 2.48. The number of aliphatic hydroxyl groups excluding tert-OH is 1. The van der Waals surface area contributed by atoms with Crippen LogP contribution in [0.25, 0.3) is 22.8 Å². The Labute approximate surface area is 159 Å². The third-order valence-corrected chi connectivity index (χ3v) is 4.62. The van der Waals surface area contributed by atoms with E-state index in [0.29, 0.717) is 21.9 Å². The molecule has 1 N–H and O–H groups in total. The van der Waals surface area contributed by atoms with Crippen LogP contribution in [0.2, 0.25) is 0 Å². The van der Waals surface area contributed by atoms with E-state index in [-0.39, 0.29) is 29.4 Å². The number of benzene rings is 2. The maximum atomic E-state index is 14.3. The topological polar surface area (TPSA) is 50.9 Å². The molecule has 0 fully saturated rings. The van der Waals surface area contributed by atoms with Crippen LogP contribution in [0.4, 0.5) is 8.78 Å². The summed E-state index contributed by atoms with van der Waals surface area (Å²) >= 11 is 6.44. The molecule has 0 unspecified atom stereocenters. The Morgan fingerprint density at radius 2 is 1.36 bits per heavy atom. The summed E-state index contributed by atoms with van der Waals surface area (Å²) in [6, 6.07) is 9.23. The summed E-state index contributed by atoms with van der Waals surface area (Å²) in [6.45, 7) is 0.280. The van der Waals surface area contributed by atoms with E-state index in [1.807, 2.05) is 0 Å². The number of hydrogen-bond acceptors (Lipinski definition) is 3. The first-order chi connectivity index (χ1) is 12.0. The highest BCUT2D eigenvalue weighted by molar-refractivity contribution is 9.10. The fraction of sp³-hybridized carbons (Fsp3) is 0.176. The molecule has 0 bridgehead atoms. The Morgan fingerprint density at radius 1 is 0.880 bits per heavy atom. The second-order valence-electron chi connectivity index (χ2n) is 5.32. The van der Waals surface area contributed by atoms with Crippen molar-refractivity contribution in [2.24, 2.45) is 0 Å². The molecule has 4 nitrogen and oxygen atoms in total. The number of hydrogen-bond donors (Lipinski definition) is 1. The first kappa shape index (κ1) is 18.2. The van der Waals surface area contributed by atoms with Crippen molar-refractivity contribution in [3.05, 3.63) is 57.0 Å². The minimum atomic E-state index is -0.463. The van der Waals surface area contributed by atoms with Gasteiger partial charge < -0.3 is 9.67 Å². The molecular weight excluding hydrogens is 460 g/mol. The van der Waals surface area contributed by atoms with Gasteiger partial charge >= 0.3 is 0 Å². The molecule has 1 heterocycles. The molecule has 0 spiro atoms. The SMILES string of the molecule is OCCCn1c(-c2ccc(Br)cc2F)nnc1-c1ccc(Br)cc1F. The number of rotatable bonds is 5. The minimum Gasteiger partial charge on any atom is -0.396 e. The van der Waals surface area contributed by atoms with Crippen molar-refractivity contribution in [1.82, 2.24) is 14.8 Å². The highest BCUT2D eigenvalue weighted by atomic mass is 79.9. The molecule has 3 aromatic rings. The van der Waals surface area contributed by atoms with Crippen LogP contribution in [-0.4, -0.2) is 26.5 Å². The predicted molar refractivity (Wildman–Crippen MR) is 97.9 cm³/mol. The van der Waals surface area contributed by atoms with Gasteiger partial charge in [0.1, 0.15) is 11.6 Å². The van der Waals surface area contributed by atoms with E-state index in [9.17, 15) is 8.78 Å². The summed E-state index contributed by atoms with van der Waals surface area (Å²) < 4.78 is 31.5. The van der Waals surface area contributed by atoms with E-state index in [4.69, 9.17) is 5.11 Å². The molecule has 1 aromatic heterocycles. The molecule has 3 rings (SSSR count). The molecule has 0 aliphatic rings. The van der Waals surface area contributed by atoms with Gasteiger partial charge in [0.2, 0.25) is 0 Å². The molecule has 0 aliphatic heterocycles. The molecule has 8 heteroatoms. The van der Waals surface area contributed by atoms with Crippen molar-refractivity contribution in [3.63, 3.8) is 0 Å². The van der Waals surface area contributed by atoms with E-state index in [1.165, 1.54) is 12.1 Å². The van der Waals surface area contributed by atoms with Crippen molar-refractivity contribution in [2.45, 2.75) is 13.0 Å². The molecule has 0 atom stereocenters. The van der Waals surface area contributed by atoms with Crippen molar-refractivity contribution in [3.8, 4) is 22.8 Å². The highest BCUT2D eigenvalue weighted by Gasteiger charge is 2.20. The summed E-state index contributed by atoms with van der Waals surface area (Å²) in [7, 11) is 0. The normalized spacial score (nSPS) is 11.1. The van der Waals surface area contributed by atoms with Crippen LogP contribution in [-0.2, 0) is 6.54 Å². The number of nitrogens with zero attached hydrogens (tertiary/aromatic N) is 3. The van der Waals surface area contributed by atoms with E-state index < -0.39 is 11.6 Å². The summed E-state index contributed by atoms with van der Waals surface area (Å²) in [4.78, 5) is 0. The van der Waals surface area contributed by atoms with Gasteiger partial charge in [0.05, 0.1) is 11.1 Å². The number of halogens is 4. The van der Waals surface area contributed by atoms with E-state index >= 15 is 0 Å². The maximum Gasteiger partial charge on any atom is 0.167 e. The molecule has 0 saturated carbocycles. The van der Waals surface area contributed by atoms with Crippen molar-refractivity contribution in [2.75, 3.05) is 6.61 Å². The zero-order chi connectivity index (χ0) is 18.0. The van der Waals surface area contributed by atoms with Crippen LogP contribution in [0.5, 0.6) is 0 Å². The average Bonchev–Trinajstić information content (AvgIpc) is 2.96. The van der Waals surface area contributed by atoms with Crippen LogP contribution < -0.4 is 0 Å². The van der Waals surface area contributed by atoms with Crippen molar-refractivity contribution in [1.29, 1.82) is 0 Å². The fourth-order valence-corrected chi connectivity index (χ4v) is 3.15. The highest BCUT2D eigenvalue weighted by Crippen LogP contribution is 2.30. The van der Waals surface area contributed by atoms with Gasteiger partial charge in [0, 0.05) is 22.1 Å².